The smallest absolute Gasteiger partial charge is 0.329 e. The molecule has 0 fully saturated rings. The van der Waals surface area contributed by atoms with E-state index in [9.17, 15) is 19.2 Å². The number of nitrogens with one attached hydrogen (secondary N) is 2. The Morgan fingerprint density at radius 2 is 1.83 bits per heavy atom. The Balaban J connectivity index is 2.71. The molecule has 130 valence electrons. The van der Waals surface area contributed by atoms with E-state index in [1.807, 2.05) is 0 Å². The average Bonchev–Trinajstić information content (AvgIpc) is 2.49. The fourth-order valence-electron chi connectivity index (χ4n) is 1.76. The third-order valence-corrected chi connectivity index (χ3v) is 3.26. The molecule has 24 heavy (non-hydrogen) atoms. The molecule has 0 aliphatic rings. The number of imide groups is 1. The van der Waals surface area contributed by atoms with Crippen molar-refractivity contribution in [3.8, 4) is 0 Å². The van der Waals surface area contributed by atoms with Crippen LogP contribution in [0.3, 0.4) is 0 Å². The maximum Gasteiger partial charge on any atom is 0.329 e. The second kappa shape index (κ2) is 8.88. The molecule has 0 aliphatic carbocycles. The van der Waals surface area contributed by atoms with Crippen LogP contribution in [0, 0.1) is 5.92 Å². The van der Waals surface area contributed by atoms with Crippen molar-refractivity contribution in [3.05, 3.63) is 34.9 Å². The number of hydrogen-bond acceptors (Lipinski definition) is 5. The molecule has 1 atom stereocenters. The standard InChI is InChI=1S/C15H18ClN3O5/c1-8(2)12(14(22)24-7-11(20)18-15(17)23)19-13(21)9-5-3-4-6-10(9)16/h3-6,8,12H,7H2,1-2H3,(H,19,21)(H3,17,18,20,23)/t12-/m0/s1. The van der Waals surface area contributed by atoms with Crippen LogP contribution in [0.5, 0.6) is 0 Å². The van der Waals surface area contributed by atoms with Crippen molar-refractivity contribution < 1.29 is 23.9 Å². The van der Waals surface area contributed by atoms with Crippen LogP contribution in [0.2, 0.25) is 5.02 Å². The summed E-state index contributed by atoms with van der Waals surface area (Å²) in [5, 5.41) is 4.52. The first-order valence-electron chi connectivity index (χ1n) is 7.03. The van der Waals surface area contributed by atoms with Crippen molar-refractivity contribution >= 4 is 35.4 Å². The van der Waals surface area contributed by atoms with Crippen LogP contribution in [-0.4, -0.2) is 36.5 Å². The lowest BCUT2D eigenvalue weighted by Gasteiger charge is -2.21. The van der Waals surface area contributed by atoms with Gasteiger partial charge in [0.25, 0.3) is 11.8 Å². The highest BCUT2D eigenvalue weighted by Crippen LogP contribution is 2.15. The third kappa shape index (κ3) is 5.88. The molecule has 0 heterocycles. The van der Waals surface area contributed by atoms with Crippen molar-refractivity contribution in [2.24, 2.45) is 11.7 Å². The minimum Gasteiger partial charge on any atom is -0.454 e. The number of rotatable bonds is 6. The second-order valence-electron chi connectivity index (χ2n) is 5.20. The summed E-state index contributed by atoms with van der Waals surface area (Å²) in [5.41, 5.74) is 4.98. The summed E-state index contributed by atoms with van der Waals surface area (Å²) < 4.78 is 4.79. The average molecular weight is 356 g/mol. The predicted octanol–water partition coefficient (Wildman–Crippen LogP) is 0.833. The molecule has 0 aromatic heterocycles. The molecule has 0 saturated heterocycles. The normalized spacial score (nSPS) is 11.5. The number of primary amides is 1. The first kappa shape index (κ1) is 19.4. The van der Waals surface area contributed by atoms with Gasteiger partial charge in [0.1, 0.15) is 6.04 Å². The van der Waals surface area contributed by atoms with Crippen molar-refractivity contribution in [2.75, 3.05) is 6.61 Å². The van der Waals surface area contributed by atoms with E-state index in [-0.39, 0.29) is 16.5 Å². The number of hydrogen-bond donors (Lipinski definition) is 3. The van der Waals surface area contributed by atoms with Gasteiger partial charge < -0.3 is 15.8 Å². The Morgan fingerprint density at radius 3 is 2.38 bits per heavy atom. The summed E-state index contributed by atoms with van der Waals surface area (Å²) in [6, 6.07) is 4.33. The van der Waals surface area contributed by atoms with E-state index >= 15 is 0 Å². The fourth-order valence-corrected chi connectivity index (χ4v) is 1.98. The Labute approximate surface area is 143 Å². The van der Waals surface area contributed by atoms with Crippen molar-refractivity contribution in [1.29, 1.82) is 0 Å². The molecule has 0 unspecified atom stereocenters. The molecule has 1 rings (SSSR count). The molecule has 0 radical (unpaired) electrons. The zero-order chi connectivity index (χ0) is 18.3. The van der Waals surface area contributed by atoms with Crippen molar-refractivity contribution in [1.82, 2.24) is 10.6 Å². The molecule has 4 N–H and O–H groups in total. The highest BCUT2D eigenvalue weighted by atomic mass is 35.5. The SMILES string of the molecule is CC(C)[C@H](NC(=O)c1ccccc1Cl)C(=O)OCC(=O)NC(N)=O. The van der Waals surface area contributed by atoms with Gasteiger partial charge >= 0.3 is 12.0 Å². The molecule has 1 aromatic carbocycles. The van der Waals surface area contributed by atoms with Crippen LogP contribution in [0.1, 0.15) is 24.2 Å². The van der Waals surface area contributed by atoms with Gasteiger partial charge in [-0.15, -0.1) is 0 Å². The first-order valence-corrected chi connectivity index (χ1v) is 7.41. The van der Waals surface area contributed by atoms with Crippen LogP contribution < -0.4 is 16.4 Å². The molecular formula is C15H18ClN3O5. The van der Waals surface area contributed by atoms with E-state index in [0.717, 1.165) is 0 Å². The zero-order valence-electron chi connectivity index (χ0n) is 13.2. The van der Waals surface area contributed by atoms with Crippen LogP contribution in [-0.2, 0) is 14.3 Å². The van der Waals surface area contributed by atoms with Gasteiger partial charge in [-0.05, 0) is 18.1 Å². The van der Waals surface area contributed by atoms with E-state index in [2.05, 4.69) is 5.32 Å². The number of amides is 4. The van der Waals surface area contributed by atoms with E-state index < -0.39 is 36.5 Å². The van der Waals surface area contributed by atoms with Crippen molar-refractivity contribution in [2.45, 2.75) is 19.9 Å². The summed E-state index contributed by atoms with van der Waals surface area (Å²) in [7, 11) is 0. The lowest BCUT2D eigenvalue weighted by Crippen LogP contribution is -2.46. The second-order valence-corrected chi connectivity index (χ2v) is 5.60. The van der Waals surface area contributed by atoms with Crippen LogP contribution in [0.4, 0.5) is 4.79 Å². The van der Waals surface area contributed by atoms with E-state index in [0.29, 0.717) is 0 Å². The van der Waals surface area contributed by atoms with Gasteiger partial charge in [-0.3, -0.25) is 14.9 Å². The quantitative estimate of drug-likeness (QED) is 0.651. The molecule has 9 heteroatoms. The predicted molar refractivity (Wildman–Crippen MR) is 86.2 cm³/mol. The number of urea groups is 1. The Bertz CT molecular complexity index is 648. The minimum atomic E-state index is -1.05. The Hall–Kier alpha value is -2.61. The molecule has 0 saturated carbocycles. The molecule has 0 bridgehead atoms. The first-order chi connectivity index (χ1) is 11.2. The summed E-state index contributed by atoms with van der Waals surface area (Å²) >= 11 is 5.94. The Morgan fingerprint density at radius 1 is 1.21 bits per heavy atom. The molecular weight excluding hydrogens is 338 g/mol. The van der Waals surface area contributed by atoms with Gasteiger partial charge in [0.05, 0.1) is 10.6 Å². The van der Waals surface area contributed by atoms with Crippen LogP contribution in [0.25, 0.3) is 0 Å². The minimum absolute atomic E-state index is 0.212. The van der Waals surface area contributed by atoms with Gasteiger partial charge in [-0.2, -0.15) is 0 Å². The van der Waals surface area contributed by atoms with Gasteiger partial charge in [0.2, 0.25) is 0 Å². The number of benzene rings is 1. The number of nitrogens with two attached hydrogens (primary N) is 1. The number of esters is 1. The fraction of sp³-hybridized carbons (Fsp3) is 0.333. The topological polar surface area (TPSA) is 128 Å². The zero-order valence-corrected chi connectivity index (χ0v) is 13.9. The number of carbonyl (C=O) groups excluding carboxylic acids is 4. The van der Waals surface area contributed by atoms with E-state index in [1.54, 1.807) is 37.4 Å². The highest BCUT2D eigenvalue weighted by Gasteiger charge is 2.27. The van der Waals surface area contributed by atoms with E-state index in [1.165, 1.54) is 6.07 Å². The van der Waals surface area contributed by atoms with Gasteiger partial charge in [0, 0.05) is 0 Å². The molecule has 0 aliphatic heterocycles. The Kier molecular flexibility index (Phi) is 7.19. The molecule has 1 aromatic rings. The maximum atomic E-state index is 12.2. The van der Waals surface area contributed by atoms with Crippen LogP contribution >= 0.6 is 11.6 Å². The highest BCUT2D eigenvalue weighted by molar-refractivity contribution is 6.33. The summed E-state index contributed by atoms with van der Waals surface area (Å²) in [4.78, 5) is 46.0. The van der Waals surface area contributed by atoms with Crippen molar-refractivity contribution in [3.63, 3.8) is 0 Å². The molecule has 0 spiro atoms. The van der Waals surface area contributed by atoms with E-state index in [4.69, 9.17) is 22.1 Å². The molecule has 4 amide bonds. The third-order valence-electron chi connectivity index (χ3n) is 2.93. The van der Waals surface area contributed by atoms with Crippen LogP contribution in [0.15, 0.2) is 24.3 Å². The van der Waals surface area contributed by atoms with Gasteiger partial charge in [0.15, 0.2) is 6.61 Å². The number of halogens is 1. The maximum absolute atomic E-state index is 12.2. The lowest BCUT2D eigenvalue weighted by atomic mass is 10.0. The monoisotopic (exact) mass is 355 g/mol. The molecule has 8 nitrogen and oxygen atoms in total. The summed E-state index contributed by atoms with van der Waals surface area (Å²) in [6.07, 6.45) is 0. The van der Waals surface area contributed by atoms with Gasteiger partial charge in [-0.1, -0.05) is 37.6 Å². The summed E-state index contributed by atoms with van der Waals surface area (Å²) in [5.74, 6) is -2.53. The number of carbonyl (C=O) groups is 4. The lowest BCUT2D eigenvalue weighted by molar-refractivity contribution is -0.151. The number of ether oxygens (including phenoxy) is 1. The largest absolute Gasteiger partial charge is 0.454 e. The summed E-state index contributed by atoms with van der Waals surface area (Å²) in [6.45, 7) is 2.71. The van der Waals surface area contributed by atoms with Gasteiger partial charge in [-0.25, -0.2) is 9.59 Å².